The second kappa shape index (κ2) is 9.95. The Bertz CT molecular complexity index is 1530. The van der Waals surface area contributed by atoms with Crippen molar-refractivity contribution in [1.29, 1.82) is 0 Å². The number of carbonyl (C=O) groups excluding carboxylic acids is 2. The summed E-state index contributed by atoms with van der Waals surface area (Å²) in [6.07, 6.45) is 0.0493. The second-order valence-electron chi connectivity index (χ2n) is 9.89. The number of esters is 1. The average molecular weight is 547 g/mol. The summed E-state index contributed by atoms with van der Waals surface area (Å²) < 4.78 is 35.0. The highest BCUT2D eigenvalue weighted by Crippen LogP contribution is 2.59. The van der Waals surface area contributed by atoms with Crippen LogP contribution < -0.4 is 29.0 Å². The van der Waals surface area contributed by atoms with E-state index in [1.807, 2.05) is 37.4 Å². The molecule has 0 saturated carbocycles. The van der Waals surface area contributed by atoms with Crippen LogP contribution in [0, 0.1) is 0 Å². The lowest BCUT2D eigenvalue weighted by molar-refractivity contribution is -0.114. The number of amides is 1. The van der Waals surface area contributed by atoms with E-state index >= 15 is 0 Å². The highest BCUT2D eigenvalue weighted by molar-refractivity contribution is 5.98. The number of benzene rings is 3. The molecule has 3 aliphatic heterocycles. The summed E-state index contributed by atoms with van der Waals surface area (Å²) in [5.74, 6) is 1.81. The number of nitrogens with zero attached hydrogens (tertiary/aromatic N) is 1. The number of likely N-dealkylation sites (N-methyl/N-ethyl adjacent to an activating group) is 1. The van der Waals surface area contributed by atoms with Gasteiger partial charge in [-0.2, -0.15) is 0 Å². The van der Waals surface area contributed by atoms with Crippen LogP contribution in [0.15, 0.2) is 36.4 Å². The summed E-state index contributed by atoms with van der Waals surface area (Å²) in [5, 5.41) is 2.86. The molecule has 0 aliphatic carbocycles. The molecule has 0 unspecified atom stereocenters. The van der Waals surface area contributed by atoms with E-state index < -0.39 is 18.1 Å². The van der Waals surface area contributed by atoms with Crippen LogP contribution >= 0.6 is 0 Å². The summed E-state index contributed by atoms with van der Waals surface area (Å²) in [4.78, 5) is 27.2. The quantitative estimate of drug-likeness (QED) is 0.447. The van der Waals surface area contributed by atoms with Crippen molar-refractivity contribution < 1.29 is 38.0 Å². The molecule has 1 N–H and O–H groups in total. The number of fused-ring (bicyclic) bond motifs is 3. The van der Waals surface area contributed by atoms with Gasteiger partial charge in [-0.3, -0.25) is 9.69 Å². The minimum Gasteiger partial charge on any atom is -0.493 e. The van der Waals surface area contributed by atoms with Crippen molar-refractivity contribution in [3.05, 3.63) is 58.7 Å². The number of nitrogens with one attached hydrogen (secondary N) is 1. The smallest absolute Gasteiger partial charge is 0.343 e. The van der Waals surface area contributed by atoms with Gasteiger partial charge in [-0.05, 0) is 42.8 Å². The van der Waals surface area contributed by atoms with Crippen LogP contribution in [0.25, 0.3) is 11.1 Å². The minimum absolute atomic E-state index is 0.0473. The number of anilines is 1. The van der Waals surface area contributed by atoms with Gasteiger partial charge in [0.05, 0.1) is 27.4 Å². The van der Waals surface area contributed by atoms with Crippen LogP contribution in [-0.2, 0) is 16.0 Å². The molecule has 0 aromatic heterocycles. The average Bonchev–Trinajstić information content (AvgIpc) is 3.55. The third-order valence-corrected chi connectivity index (χ3v) is 7.69. The Morgan fingerprint density at radius 1 is 1.00 bits per heavy atom. The molecule has 1 amide bonds. The predicted molar refractivity (Wildman–Crippen MR) is 146 cm³/mol. The van der Waals surface area contributed by atoms with E-state index in [4.69, 9.17) is 28.4 Å². The molecule has 0 saturated heterocycles. The molecular weight excluding hydrogens is 516 g/mol. The molecule has 2 atom stereocenters. The lowest BCUT2D eigenvalue weighted by Crippen LogP contribution is -2.36. The third-order valence-electron chi connectivity index (χ3n) is 7.69. The summed E-state index contributed by atoms with van der Waals surface area (Å²) in [6, 6.07) is 10.9. The number of methoxy groups -OCH3 is 3. The fourth-order valence-corrected chi connectivity index (χ4v) is 6.09. The highest BCUT2D eigenvalue weighted by atomic mass is 16.7. The summed E-state index contributed by atoms with van der Waals surface area (Å²) >= 11 is 0. The molecule has 3 aromatic carbocycles. The molecular formula is C30H30N2O8. The Labute approximate surface area is 231 Å². The standard InChI is InChI=1S/C30H30N2O8/c1-15(33)31-17-8-6-7-16(13-17)21-18-11-12-32(2)24(22(18)27(37-5)29-28(21)38-14-39-29)25-19-9-10-20(35-3)26(36-4)23(19)30(34)40-25/h6-10,13,24-25H,11-12,14H2,1-5H3,(H,31,33)/t24-,25+/m1/s1. The first kappa shape index (κ1) is 25.8. The molecule has 3 heterocycles. The van der Waals surface area contributed by atoms with Gasteiger partial charge >= 0.3 is 5.97 Å². The van der Waals surface area contributed by atoms with Crippen LogP contribution in [0.3, 0.4) is 0 Å². The van der Waals surface area contributed by atoms with Gasteiger partial charge in [-0.25, -0.2) is 4.79 Å². The maximum Gasteiger partial charge on any atom is 0.343 e. The van der Waals surface area contributed by atoms with E-state index in [1.165, 1.54) is 21.1 Å². The van der Waals surface area contributed by atoms with Crippen molar-refractivity contribution in [2.45, 2.75) is 25.5 Å². The fourth-order valence-electron chi connectivity index (χ4n) is 6.09. The number of cyclic esters (lactones) is 1. The molecule has 3 aliphatic rings. The fraction of sp³-hybridized carbons (Fsp3) is 0.333. The first-order valence-corrected chi connectivity index (χ1v) is 12.9. The summed E-state index contributed by atoms with van der Waals surface area (Å²) in [5.41, 5.74) is 5.34. The minimum atomic E-state index is -0.640. The van der Waals surface area contributed by atoms with Gasteiger partial charge in [0, 0.05) is 35.8 Å². The zero-order valence-corrected chi connectivity index (χ0v) is 23.0. The van der Waals surface area contributed by atoms with Crippen molar-refractivity contribution in [2.24, 2.45) is 0 Å². The van der Waals surface area contributed by atoms with Gasteiger partial charge in [0.2, 0.25) is 18.4 Å². The summed E-state index contributed by atoms with van der Waals surface area (Å²) in [7, 11) is 6.64. The molecule has 0 bridgehead atoms. The molecule has 6 rings (SSSR count). The lowest BCUT2D eigenvalue weighted by Gasteiger charge is -2.39. The molecule has 0 fully saturated rings. The highest BCUT2D eigenvalue weighted by Gasteiger charge is 2.47. The maximum absolute atomic E-state index is 13.3. The van der Waals surface area contributed by atoms with E-state index in [2.05, 4.69) is 10.2 Å². The lowest BCUT2D eigenvalue weighted by atomic mass is 9.81. The van der Waals surface area contributed by atoms with Crippen molar-refractivity contribution in [2.75, 3.05) is 47.0 Å². The molecule has 40 heavy (non-hydrogen) atoms. The number of hydrogen-bond donors (Lipinski definition) is 1. The van der Waals surface area contributed by atoms with Crippen molar-refractivity contribution in [3.8, 4) is 39.9 Å². The predicted octanol–water partition coefficient (Wildman–Crippen LogP) is 4.51. The normalized spacial score (nSPS) is 19.0. The zero-order valence-electron chi connectivity index (χ0n) is 23.0. The van der Waals surface area contributed by atoms with Crippen molar-refractivity contribution in [1.82, 2.24) is 4.90 Å². The number of carbonyl (C=O) groups is 2. The van der Waals surface area contributed by atoms with Crippen LogP contribution in [-0.4, -0.2) is 58.5 Å². The van der Waals surface area contributed by atoms with E-state index in [9.17, 15) is 9.59 Å². The van der Waals surface area contributed by atoms with Crippen molar-refractivity contribution in [3.63, 3.8) is 0 Å². The Morgan fingerprint density at radius 2 is 1.77 bits per heavy atom. The Morgan fingerprint density at radius 3 is 2.50 bits per heavy atom. The Kier molecular flexibility index (Phi) is 6.42. The van der Waals surface area contributed by atoms with Crippen LogP contribution in [0.2, 0.25) is 0 Å². The van der Waals surface area contributed by atoms with Crippen molar-refractivity contribution >= 4 is 17.6 Å². The van der Waals surface area contributed by atoms with Crippen LogP contribution in [0.4, 0.5) is 5.69 Å². The number of ether oxygens (including phenoxy) is 6. The third kappa shape index (κ3) is 3.90. The molecule has 0 radical (unpaired) electrons. The van der Waals surface area contributed by atoms with E-state index in [-0.39, 0.29) is 12.7 Å². The molecule has 208 valence electrons. The maximum atomic E-state index is 13.3. The second-order valence-corrected chi connectivity index (χ2v) is 9.89. The van der Waals surface area contributed by atoms with E-state index in [1.54, 1.807) is 13.2 Å². The van der Waals surface area contributed by atoms with Gasteiger partial charge in [0.1, 0.15) is 11.7 Å². The topological polar surface area (TPSA) is 105 Å². The van der Waals surface area contributed by atoms with Gasteiger partial charge in [-0.15, -0.1) is 0 Å². The summed E-state index contributed by atoms with van der Waals surface area (Å²) in [6.45, 7) is 2.21. The molecule has 0 spiro atoms. The first-order chi connectivity index (χ1) is 19.4. The van der Waals surface area contributed by atoms with Gasteiger partial charge in [0.25, 0.3) is 0 Å². The van der Waals surface area contributed by atoms with Gasteiger partial charge in [-0.1, -0.05) is 18.2 Å². The molecule has 10 heteroatoms. The van der Waals surface area contributed by atoms with Crippen LogP contribution in [0.1, 0.15) is 46.1 Å². The SMILES string of the molecule is COc1ccc2c(c1OC)C(=O)O[C@@H]2[C@H]1c2c(c(-c3cccc(NC(C)=O)c3)c3c(c2OC)OCO3)CCN1C. The Balaban J connectivity index is 1.58. The van der Waals surface area contributed by atoms with Crippen LogP contribution in [0.5, 0.6) is 28.7 Å². The first-order valence-electron chi connectivity index (χ1n) is 12.9. The largest absolute Gasteiger partial charge is 0.493 e. The van der Waals surface area contributed by atoms with Gasteiger partial charge in [0.15, 0.2) is 23.0 Å². The Hall–Kier alpha value is -4.44. The molecule has 10 nitrogen and oxygen atoms in total. The molecule has 3 aromatic rings. The zero-order chi connectivity index (χ0) is 28.1. The number of hydrogen-bond acceptors (Lipinski definition) is 9. The van der Waals surface area contributed by atoms with E-state index in [0.717, 1.165) is 22.3 Å². The van der Waals surface area contributed by atoms with Gasteiger partial charge < -0.3 is 33.7 Å². The van der Waals surface area contributed by atoms with E-state index in [0.29, 0.717) is 58.5 Å². The number of rotatable bonds is 6. The monoisotopic (exact) mass is 546 g/mol.